The summed E-state index contributed by atoms with van der Waals surface area (Å²) in [5, 5.41) is 7.02. The predicted octanol–water partition coefficient (Wildman–Crippen LogP) is 0.670. The Morgan fingerprint density at radius 1 is 1.21 bits per heavy atom. The van der Waals surface area contributed by atoms with E-state index in [1.54, 1.807) is 0 Å². The monoisotopic (exact) mass is 199 g/mol. The van der Waals surface area contributed by atoms with Crippen LogP contribution in [0.1, 0.15) is 26.7 Å². The van der Waals surface area contributed by atoms with Gasteiger partial charge in [0.05, 0.1) is 0 Å². The second kappa shape index (κ2) is 7.21. The first-order chi connectivity index (χ1) is 6.86. The molecular formula is C11H25N3. The highest BCUT2D eigenvalue weighted by atomic mass is 15.1. The van der Waals surface area contributed by atoms with Gasteiger partial charge in [0, 0.05) is 19.1 Å². The van der Waals surface area contributed by atoms with Crippen LogP contribution in [0, 0.1) is 0 Å². The summed E-state index contributed by atoms with van der Waals surface area (Å²) >= 11 is 0. The summed E-state index contributed by atoms with van der Waals surface area (Å²) < 4.78 is 0. The normalized spacial score (nSPS) is 19.1. The lowest BCUT2D eigenvalue weighted by atomic mass is 10.1. The van der Waals surface area contributed by atoms with E-state index in [4.69, 9.17) is 0 Å². The third kappa shape index (κ3) is 4.40. The molecule has 14 heavy (non-hydrogen) atoms. The Morgan fingerprint density at radius 2 is 1.86 bits per heavy atom. The van der Waals surface area contributed by atoms with E-state index in [-0.39, 0.29) is 0 Å². The molecular weight excluding hydrogens is 174 g/mol. The highest BCUT2D eigenvalue weighted by Crippen LogP contribution is 2.01. The zero-order chi connectivity index (χ0) is 10.2. The molecule has 0 aromatic carbocycles. The van der Waals surface area contributed by atoms with Crippen molar-refractivity contribution < 1.29 is 0 Å². The van der Waals surface area contributed by atoms with E-state index in [9.17, 15) is 0 Å². The Hall–Kier alpha value is -0.120. The first-order valence-electron chi connectivity index (χ1n) is 6.03. The molecule has 0 unspecified atom stereocenters. The molecule has 0 aromatic rings. The molecule has 3 nitrogen and oxygen atoms in total. The fourth-order valence-electron chi connectivity index (χ4n) is 1.99. The molecule has 0 saturated carbocycles. The number of rotatable bonds is 6. The molecule has 1 aliphatic rings. The molecule has 0 spiro atoms. The van der Waals surface area contributed by atoms with E-state index < -0.39 is 0 Å². The Morgan fingerprint density at radius 3 is 2.43 bits per heavy atom. The van der Waals surface area contributed by atoms with Gasteiger partial charge in [-0.3, -0.25) is 0 Å². The zero-order valence-electron chi connectivity index (χ0n) is 9.68. The smallest absolute Gasteiger partial charge is 0.0107 e. The van der Waals surface area contributed by atoms with Crippen molar-refractivity contribution in [3.63, 3.8) is 0 Å². The minimum atomic E-state index is 0.756. The van der Waals surface area contributed by atoms with Crippen molar-refractivity contribution in [2.45, 2.75) is 32.7 Å². The number of nitrogens with zero attached hydrogens (tertiary/aromatic N) is 1. The number of hydrogen-bond donors (Lipinski definition) is 2. The predicted molar refractivity (Wildman–Crippen MR) is 61.7 cm³/mol. The molecule has 0 radical (unpaired) electrons. The molecule has 0 aliphatic carbocycles. The quantitative estimate of drug-likeness (QED) is 0.658. The van der Waals surface area contributed by atoms with Gasteiger partial charge in [-0.25, -0.2) is 0 Å². The standard InChI is InChI=1S/C11H25N3/c1-3-14(4-2)10-9-13-11-5-7-12-8-6-11/h11-13H,3-10H2,1-2H3. The van der Waals surface area contributed by atoms with Gasteiger partial charge in [-0.05, 0) is 39.0 Å². The van der Waals surface area contributed by atoms with E-state index >= 15 is 0 Å². The van der Waals surface area contributed by atoms with Crippen LogP contribution in [0.3, 0.4) is 0 Å². The maximum absolute atomic E-state index is 3.64. The van der Waals surface area contributed by atoms with E-state index in [2.05, 4.69) is 29.4 Å². The molecule has 1 aliphatic heterocycles. The fraction of sp³-hybridized carbons (Fsp3) is 1.00. The second-order valence-electron chi connectivity index (χ2n) is 4.01. The molecule has 3 heteroatoms. The van der Waals surface area contributed by atoms with Crippen LogP contribution in [0.5, 0.6) is 0 Å². The fourth-order valence-corrected chi connectivity index (χ4v) is 1.99. The minimum Gasteiger partial charge on any atom is -0.317 e. The highest BCUT2D eigenvalue weighted by Gasteiger charge is 2.11. The number of piperidine rings is 1. The van der Waals surface area contributed by atoms with Crippen LogP contribution in [0.4, 0.5) is 0 Å². The van der Waals surface area contributed by atoms with E-state index in [1.807, 2.05) is 0 Å². The summed E-state index contributed by atoms with van der Waals surface area (Å²) in [4.78, 5) is 2.47. The molecule has 1 fully saturated rings. The van der Waals surface area contributed by atoms with Gasteiger partial charge < -0.3 is 15.5 Å². The summed E-state index contributed by atoms with van der Waals surface area (Å²) in [6.07, 6.45) is 2.58. The van der Waals surface area contributed by atoms with Crippen molar-refractivity contribution in [2.75, 3.05) is 39.3 Å². The number of likely N-dealkylation sites (N-methyl/N-ethyl adjacent to an activating group) is 1. The first-order valence-corrected chi connectivity index (χ1v) is 6.03. The van der Waals surface area contributed by atoms with Gasteiger partial charge in [0.2, 0.25) is 0 Å². The van der Waals surface area contributed by atoms with Crippen molar-refractivity contribution in [1.82, 2.24) is 15.5 Å². The minimum absolute atomic E-state index is 0.756. The molecule has 0 amide bonds. The number of nitrogens with one attached hydrogen (secondary N) is 2. The second-order valence-corrected chi connectivity index (χ2v) is 4.01. The van der Waals surface area contributed by atoms with E-state index in [0.717, 1.165) is 12.6 Å². The molecule has 1 saturated heterocycles. The summed E-state index contributed by atoms with van der Waals surface area (Å²) in [5.74, 6) is 0. The average molecular weight is 199 g/mol. The molecule has 0 atom stereocenters. The lowest BCUT2D eigenvalue weighted by molar-refractivity contribution is 0.287. The van der Waals surface area contributed by atoms with Crippen molar-refractivity contribution in [3.8, 4) is 0 Å². The summed E-state index contributed by atoms with van der Waals surface area (Å²) in [6, 6.07) is 0.756. The molecule has 1 rings (SSSR count). The highest BCUT2D eigenvalue weighted by molar-refractivity contribution is 4.74. The maximum atomic E-state index is 3.64. The third-order valence-corrected chi connectivity index (χ3v) is 3.09. The zero-order valence-corrected chi connectivity index (χ0v) is 9.68. The van der Waals surface area contributed by atoms with Crippen LogP contribution in [0.25, 0.3) is 0 Å². The number of hydrogen-bond acceptors (Lipinski definition) is 3. The topological polar surface area (TPSA) is 27.3 Å². The van der Waals surface area contributed by atoms with Gasteiger partial charge in [0.1, 0.15) is 0 Å². The van der Waals surface area contributed by atoms with Gasteiger partial charge >= 0.3 is 0 Å². The Balaban J connectivity index is 2.01. The first kappa shape index (κ1) is 12.0. The Kier molecular flexibility index (Phi) is 6.15. The van der Waals surface area contributed by atoms with Crippen LogP contribution in [-0.2, 0) is 0 Å². The molecule has 0 bridgehead atoms. The third-order valence-electron chi connectivity index (χ3n) is 3.09. The van der Waals surface area contributed by atoms with Crippen LogP contribution in [-0.4, -0.2) is 50.2 Å². The molecule has 84 valence electrons. The Bertz CT molecular complexity index is 128. The van der Waals surface area contributed by atoms with Crippen LogP contribution in [0.2, 0.25) is 0 Å². The van der Waals surface area contributed by atoms with E-state index in [0.29, 0.717) is 0 Å². The van der Waals surface area contributed by atoms with Gasteiger partial charge in [-0.15, -0.1) is 0 Å². The average Bonchev–Trinajstić information content (AvgIpc) is 2.26. The SMILES string of the molecule is CCN(CC)CCNC1CCNCC1. The van der Waals surface area contributed by atoms with E-state index in [1.165, 1.54) is 45.6 Å². The maximum Gasteiger partial charge on any atom is 0.0107 e. The molecule has 1 heterocycles. The van der Waals surface area contributed by atoms with Crippen LogP contribution < -0.4 is 10.6 Å². The van der Waals surface area contributed by atoms with Crippen molar-refractivity contribution in [1.29, 1.82) is 0 Å². The van der Waals surface area contributed by atoms with Gasteiger partial charge in [-0.1, -0.05) is 13.8 Å². The van der Waals surface area contributed by atoms with Crippen LogP contribution in [0.15, 0.2) is 0 Å². The van der Waals surface area contributed by atoms with Crippen molar-refractivity contribution >= 4 is 0 Å². The van der Waals surface area contributed by atoms with Crippen molar-refractivity contribution in [3.05, 3.63) is 0 Å². The molecule has 2 N–H and O–H groups in total. The van der Waals surface area contributed by atoms with Crippen LogP contribution >= 0.6 is 0 Å². The van der Waals surface area contributed by atoms with Gasteiger partial charge in [0.15, 0.2) is 0 Å². The molecule has 0 aromatic heterocycles. The largest absolute Gasteiger partial charge is 0.317 e. The van der Waals surface area contributed by atoms with Gasteiger partial charge in [0.25, 0.3) is 0 Å². The summed E-state index contributed by atoms with van der Waals surface area (Å²) in [6.45, 7) is 11.5. The lowest BCUT2D eigenvalue weighted by Gasteiger charge is -2.25. The van der Waals surface area contributed by atoms with Crippen molar-refractivity contribution in [2.24, 2.45) is 0 Å². The Labute approximate surface area is 88.2 Å². The van der Waals surface area contributed by atoms with Gasteiger partial charge in [-0.2, -0.15) is 0 Å². The lowest BCUT2D eigenvalue weighted by Crippen LogP contribution is -2.42. The summed E-state index contributed by atoms with van der Waals surface area (Å²) in [7, 11) is 0. The summed E-state index contributed by atoms with van der Waals surface area (Å²) in [5.41, 5.74) is 0.